The van der Waals surface area contributed by atoms with Gasteiger partial charge in [-0.25, -0.2) is 0 Å². The van der Waals surface area contributed by atoms with Crippen LogP contribution in [-0.2, 0) is 5.41 Å². The Morgan fingerprint density at radius 3 is 2.88 bits per heavy atom. The molecule has 0 aliphatic carbocycles. The van der Waals surface area contributed by atoms with E-state index in [0.717, 1.165) is 36.5 Å². The van der Waals surface area contributed by atoms with E-state index in [-0.39, 0.29) is 12.0 Å². The molecule has 2 rings (SSSR count). The number of hydrogen-bond acceptors (Lipinski definition) is 2. The van der Waals surface area contributed by atoms with Crippen LogP contribution in [0.25, 0.3) is 0 Å². The summed E-state index contributed by atoms with van der Waals surface area (Å²) in [5, 5.41) is 13.4. The highest BCUT2D eigenvalue weighted by Crippen LogP contribution is 2.35. The van der Waals surface area contributed by atoms with Gasteiger partial charge >= 0.3 is 0 Å². The van der Waals surface area contributed by atoms with Gasteiger partial charge in [0.2, 0.25) is 0 Å². The number of nitrogens with one attached hydrogen (secondary N) is 1. The molecule has 2 N–H and O–H groups in total. The largest absolute Gasteiger partial charge is 0.396 e. The Morgan fingerprint density at radius 1 is 1.50 bits per heavy atom. The van der Waals surface area contributed by atoms with E-state index in [1.807, 2.05) is 13.0 Å². The van der Waals surface area contributed by atoms with E-state index in [4.69, 9.17) is 11.6 Å². The highest BCUT2D eigenvalue weighted by Gasteiger charge is 2.35. The molecule has 1 atom stereocenters. The normalized spacial score (nSPS) is 24.9. The van der Waals surface area contributed by atoms with Crippen molar-refractivity contribution in [3.63, 3.8) is 0 Å². The maximum atomic E-state index is 9.22. The molecule has 1 aromatic carbocycles. The van der Waals surface area contributed by atoms with Gasteiger partial charge in [-0.2, -0.15) is 0 Å². The maximum Gasteiger partial charge on any atom is 0.0440 e. The molecule has 1 saturated heterocycles. The molecule has 0 radical (unpaired) electrons. The lowest BCUT2D eigenvalue weighted by Crippen LogP contribution is -2.30. The molecule has 1 unspecified atom stereocenters. The minimum Gasteiger partial charge on any atom is -0.396 e. The van der Waals surface area contributed by atoms with Gasteiger partial charge in [0.1, 0.15) is 0 Å². The van der Waals surface area contributed by atoms with Crippen LogP contribution in [0.1, 0.15) is 24.0 Å². The van der Waals surface area contributed by atoms with Crippen LogP contribution in [0.4, 0.5) is 0 Å². The minimum absolute atomic E-state index is 0.101. The lowest BCUT2D eigenvalue weighted by atomic mass is 9.77. The lowest BCUT2D eigenvalue weighted by molar-refractivity contribution is 0.244. The highest BCUT2D eigenvalue weighted by atomic mass is 35.5. The number of aliphatic hydroxyl groups is 1. The Hall–Kier alpha value is -0.570. The van der Waals surface area contributed by atoms with Crippen LogP contribution in [0.5, 0.6) is 0 Å². The van der Waals surface area contributed by atoms with Crippen LogP contribution < -0.4 is 5.32 Å². The fraction of sp³-hybridized carbons (Fsp3) is 0.538. The first-order valence-electron chi connectivity index (χ1n) is 5.76. The molecular weight excluding hydrogens is 222 g/mol. The van der Waals surface area contributed by atoms with Crippen LogP contribution >= 0.6 is 11.6 Å². The third kappa shape index (κ3) is 2.10. The fourth-order valence-corrected chi connectivity index (χ4v) is 2.65. The summed E-state index contributed by atoms with van der Waals surface area (Å²) >= 11 is 6.04. The van der Waals surface area contributed by atoms with Crippen molar-refractivity contribution in [3.05, 3.63) is 34.3 Å². The first kappa shape index (κ1) is 11.9. The predicted octanol–water partition coefficient (Wildman–Crippen LogP) is 2.26. The predicted molar refractivity (Wildman–Crippen MR) is 67.1 cm³/mol. The fourth-order valence-electron chi connectivity index (χ4n) is 2.54. The number of aliphatic hydroxyl groups excluding tert-OH is 1. The third-order valence-corrected chi connectivity index (χ3v) is 4.03. The summed E-state index contributed by atoms with van der Waals surface area (Å²) in [6.07, 6.45) is 1.91. The first-order chi connectivity index (χ1) is 7.68. The standard InChI is InChI=1S/C13H18ClNO/c1-10-8-11(2-3-12(10)14)13(5-7-16)4-6-15-9-13/h2-3,8,15-16H,4-7,9H2,1H3. The number of benzene rings is 1. The zero-order valence-electron chi connectivity index (χ0n) is 9.59. The summed E-state index contributed by atoms with van der Waals surface area (Å²) in [4.78, 5) is 0. The molecule has 1 fully saturated rings. The number of rotatable bonds is 3. The van der Waals surface area contributed by atoms with E-state index in [9.17, 15) is 5.11 Å². The monoisotopic (exact) mass is 239 g/mol. The second-order valence-corrected chi connectivity index (χ2v) is 5.05. The van der Waals surface area contributed by atoms with E-state index in [1.165, 1.54) is 5.56 Å². The van der Waals surface area contributed by atoms with E-state index in [1.54, 1.807) is 0 Å². The van der Waals surface area contributed by atoms with Crippen molar-refractivity contribution >= 4 is 11.6 Å². The first-order valence-corrected chi connectivity index (χ1v) is 6.14. The van der Waals surface area contributed by atoms with Crippen molar-refractivity contribution in [2.75, 3.05) is 19.7 Å². The average Bonchev–Trinajstić information content (AvgIpc) is 2.72. The zero-order valence-corrected chi connectivity index (χ0v) is 10.3. The Kier molecular flexibility index (Phi) is 3.53. The smallest absolute Gasteiger partial charge is 0.0440 e. The molecule has 1 heterocycles. The van der Waals surface area contributed by atoms with E-state index >= 15 is 0 Å². The Labute approximate surface area is 102 Å². The summed E-state index contributed by atoms with van der Waals surface area (Å²) in [6, 6.07) is 6.21. The summed E-state index contributed by atoms with van der Waals surface area (Å²) in [5.74, 6) is 0. The van der Waals surface area contributed by atoms with Gasteiger partial charge in [-0.15, -0.1) is 0 Å². The van der Waals surface area contributed by atoms with Crippen LogP contribution in [0.15, 0.2) is 18.2 Å². The SMILES string of the molecule is Cc1cc(C2(CCO)CCNC2)ccc1Cl. The van der Waals surface area contributed by atoms with Gasteiger partial charge in [0.25, 0.3) is 0 Å². The van der Waals surface area contributed by atoms with Gasteiger partial charge in [-0.1, -0.05) is 23.7 Å². The van der Waals surface area contributed by atoms with E-state index in [0.29, 0.717) is 0 Å². The van der Waals surface area contributed by atoms with Crippen LogP contribution in [0, 0.1) is 6.92 Å². The van der Waals surface area contributed by atoms with Gasteiger partial charge in [-0.3, -0.25) is 0 Å². The molecule has 0 spiro atoms. The Bertz CT molecular complexity index is 372. The molecule has 1 aliphatic rings. The molecule has 3 heteroatoms. The molecule has 1 aromatic rings. The van der Waals surface area contributed by atoms with Crippen LogP contribution in [0.3, 0.4) is 0 Å². The van der Waals surface area contributed by atoms with Crippen LogP contribution in [-0.4, -0.2) is 24.8 Å². The molecule has 16 heavy (non-hydrogen) atoms. The molecule has 0 saturated carbocycles. The molecule has 88 valence electrons. The number of aryl methyl sites for hydroxylation is 1. The average molecular weight is 240 g/mol. The summed E-state index contributed by atoms with van der Waals surface area (Å²) < 4.78 is 0. The van der Waals surface area contributed by atoms with Crippen molar-refractivity contribution in [2.45, 2.75) is 25.2 Å². The molecular formula is C13H18ClNO. The lowest BCUT2D eigenvalue weighted by Gasteiger charge is -2.28. The number of halogens is 1. The third-order valence-electron chi connectivity index (χ3n) is 3.60. The second kappa shape index (κ2) is 4.74. The minimum atomic E-state index is 0.101. The topological polar surface area (TPSA) is 32.3 Å². The van der Waals surface area contributed by atoms with Crippen LogP contribution in [0.2, 0.25) is 5.02 Å². The van der Waals surface area contributed by atoms with Crippen molar-refractivity contribution in [3.8, 4) is 0 Å². The van der Waals surface area contributed by atoms with Crippen molar-refractivity contribution in [2.24, 2.45) is 0 Å². The van der Waals surface area contributed by atoms with Gasteiger partial charge in [0.15, 0.2) is 0 Å². The summed E-state index contributed by atoms with van der Waals surface area (Å²) in [6.45, 7) is 4.25. The zero-order chi connectivity index (χ0) is 11.6. The van der Waals surface area contributed by atoms with Gasteiger partial charge in [0.05, 0.1) is 0 Å². The molecule has 0 bridgehead atoms. The second-order valence-electron chi connectivity index (χ2n) is 4.64. The van der Waals surface area contributed by atoms with Gasteiger partial charge < -0.3 is 10.4 Å². The van der Waals surface area contributed by atoms with Crippen molar-refractivity contribution < 1.29 is 5.11 Å². The quantitative estimate of drug-likeness (QED) is 0.848. The van der Waals surface area contributed by atoms with Crippen molar-refractivity contribution in [1.82, 2.24) is 5.32 Å². The highest BCUT2D eigenvalue weighted by molar-refractivity contribution is 6.31. The number of hydrogen-bond donors (Lipinski definition) is 2. The molecule has 2 nitrogen and oxygen atoms in total. The molecule has 0 amide bonds. The Balaban J connectivity index is 2.35. The van der Waals surface area contributed by atoms with Crippen molar-refractivity contribution in [1.29, 1.82) is 0 Å². The summed E-state index contributed by atoms with van der Waals surface area (Å²) in [5.41, 5.74) is 2.52. The van der Waals surface area contributed by atoms with E-state index in [2.05, 4.69) is 17.4 Å². The van der Waals surface area contributed by atoms with Gasteiger partial charge in [0, 0.05) is 23.6 Å². The Morgan fingerprint density at radius 2 is 2.31 bits per heavy atom. The molecule has 0 aromatic heterocycles. The van der Waals surface area contributed by atoms with E-state index < -0.39 is 0 Å². The molecule has 1 aliphatic heterocycles. The maximum absolute atomic E-state index is 9.22. The van der Waals surface area contributed by atoms with Gasteiger partial charge in [-0.05, 0) is 43.5 Å². The summed E-state index contributed by atoms with van der Waals surface area (Å²) in [7, 11) is 0.